The lowest BCUT2D eigenvalue weighted by atomic mass is 9.72. The van der Waals surface area contributed by atoms with Crippen LogP contribution in [0.5, 0.6) is 5.75 Å². The summed E-state index contributed by atoms with van der Waals surface area (Å²) in [4.78, 5) is 31.7. The van der Waals surface area contributed by atoms with Gasteiger partial charge in [-0.1, -0.05) is 6.92 Å². The van der Waals surface area contributed by atoms with Gasteiger partial charge in [-0.25, -0.2) is 4.98 Å². The number of ether oxygens (including phenoxy) is 1. The van der Waals surface area contributed by atoms with Crippen LogP contribution in [-0.4, -0.2) is 60.8 Å². The molecular formula is C26H29N7O3. The molecule has 3 atom stereocenters. The number of nitrogens with zero attached hydrogens (tertiary/aromatic N) is 6. The lowest BCUT2D eigenvalue weighted by Gasteiger charge is -2.45. The molecule has 10 nitrogen and oxygen atoms in total. The predicted molar refractivity (Wildman–Crippen MR) is 134 cm³/mol. The fourth-order valence-corrected chi connectivity index (χ4v) is 6.09. The molecule has 6 rings (SSSR count). The van der Waals surface area contributed by atoms with Crippen molar-refractivity contribution >= 4 is 34.2 Å². The number of nitrogens with one attached hydrogen (secondary N) is 1. The standard InChI is InChI=1S/C26H29N7O3/c1-16-13-26(9-7-24(34)31(26)2)8-6-20(16)32-15-17-11-18(21(36-3)12-19(17)30-32)25(35)29-23-14-27-22-5-4-10-28-33(22)23/h4-5,10-12,14-16,20H,6-9,13H2,1-3H3,(H,29,35)/t16-,20?,26-/m1/s1. The fraction of sp³-hybridized carbons (Fsp3) is 0.423. The van der Waals surface area contributed by atoms with E-state index in [0.29, 0.717) is 35.1 Å². The maximum absolute atomic E-state index is 13.2. The summed E-state index contributed by atoms with van der Waals surface area (Å²) in [5, 5.41) is 12.9. The molecule has 4 aromatic rings. The minimum absolute atomic E-state index is 0.0131. The van der Waals surface area contributed by atoms with Gasteiger partial charge in [0.15, 0.2) is 11.5 Å². The van der Waals surface area contributed by atoms with Crippen LogP contribution in [-0.2, 0) is 4.79 Å². The summed E-state index contributed by atoms with van der Waals surface area (Å²) in [7, 11) is 3.50. The molecule has 1 saturated carbocycles. The summed E-state index contributed by atoms with van der Waals surface area (Å²) in [6.07, 6.45) is 9.74. The average molecular weight is 488 g/mol. The Morgan fingerprint density at radius 2 is 2.14 bits per heavy atom. The number of fused-ring (bicyclic) bond motifs is 2. The molecule has 1 N–H and O–H groups in total. The minimum atomic E-state index is -0.309. The molecule has 2 aliphatic rings. The van der Waals surface area contributed by atoms with Crippen molar-refractivity contribution in [2.24, 2.45) is 5.92 Å². The number of carbonyl (C=O) groups is 2. The quantitative estimate of drug-likeness (QED) is 0.471. The molecule has 186 valence electrons. The summed E-state index contributed by atoms with van der Waals surface area (Å²) < 4.78 is 9.17. The van der Waals surface area contributed by atoms with E-state index in [1.165, 1.54) is 0 Å². The highest BCUT2D eigenvalue weighted by molar-refractivity contribution is 6.08. The molecule has 1 unspecified atom stereocenters. The zero-order valence-electron chi connectivity index (χ0n) is 20.6. The highest BCUT2D eigenvalue weighted by Crippen LogP contribution is 2.47. The van der Waals surface area contributed by atoms with Gasteiger partial charge in [0, 0.05) is 42.9 Å². The average Bonchev–Trinajstić information content (AvgIpc) is 3.56. The summed E-state index contributed by atoms with van der Waals surface area (Å²) >= 11 is 0. The maximum atomic E-state index is 13.2. The van der Waals surface area contributed by atoms with Crippen molar-refractivity contribution in [2.45, 2.75) is 50.6 Å². The predicted octanol–water partition coefficient (Wildman–Crippen LogP) is 3.69. The molecule has 0 radical (unpaired) electrons. The van der Waals surface area contributed by atoms with E-state index in [9.17, 15) is 9.59 Å². The summed E-state index contributed by atoms with van der Waals surface area (Å²) in [5.41, 5.74) is 1.83. The van der Waals surface area contributed by atoms with E-state index < -0.39 is 0 Å². The van der Waals surface area contributed by atoms with Crippen LogP contribution >= 0.6 is 0 Å². The van der Waals surface area contributed by atoms with Gasteiger partial charge in [0.1, 0.15) is 5.75 Å². The number of methoxy groups -OCH3 is 1. The van der Waals surface area contributed by atoms with Crippen LogP contribution in [0.2, 0.25) is 0 Å². The number of hydrogen-bond acceptors (Lipinski definition) is 6. The number of carbonyl (C=O) groups excluding carboxylic acids is 2. The lowest BCUT2D eigenvalue weighted by molar-refractivity contribution is -0.131. The van der Waals surface area contributed by atoms with Crippen molar-refractivity contribution in [1.82, 2.24) is 29.3 Å². The van der Waals surface area contributed by atoms with Crippen LogP contribution in [0.3, 0.4) is 0 Å². The van der Waals surface area contributed by atoms with E-state index in [4.69, 9.17) is 9.84 Å². The maximum Gasteiger partial charge on any atom is 0.260 e. The van der Waals surface area contributed by atoms with Crippen LogP contribution in [0.15, 0.2) is 42.9 Å². The highest BCUT2D eigenvalue weighted by atomic mass is 16.5. The Morgan fingerprint density at radius 1 is 1.28 bits per heavy atom. The van der Waals surface area contributed by atoms with Crippen molar-refractivity contribution in [3.8, 4) is 5.75 Å². The fourth-order valence-electron chi connectivity index (χ4n) is 6.09. The third kappa shape index (κ3) is 3.51. The van der Waals surface area contributed by atoms with Crippen molar-refractivity contribution in [3.63, 3.8) is 0 Å². The topological polar surface area (TPSA) is 107 Å². The van der Waals surface area contributed by atoms with Crippen LogP contribution in [0.1, 0.15) is 55.4 Å². The first kappa shape index (κ1) is 22.5. The van der Waals surface area contributed by atoms with Gasteiger partial charge in [-0.05, 0) is 49.8 Å². The van der Waals surface area contributed by atoms with Crippen molar-refractivity contribution in [3.05, 3.63) is 48.4 Å². The number of likely N-dealkylation sites (tertiary alicyclic amines) is 1. The summed E-state index contributed by atoms with van der Waals surface area (Å²) in [6, 6.07) is 7.48. The molecule has 1 spiro atoms. The van der Waals surface area contributed by atoms with Crippen LogP contribution in [0.25, 0.3) is 16.6 Å². The molecule has 2 fully saturated rings. The Bertz CT molecular complexity index is 1490. The Morgan fingerprint density at radius 3 is 2.89 bits per heavy atom. The molecule has 2 amide bonds. The zero-order valence-corrected chi connectivity index (χ0v) is 20.6. The van der Waals surface area contributed by atoms with Crippen molar-refractivity contribution in [2.75, 3.05) is 19.5 Å². The normalized spacial score (nSPS) is 24.2. The van der Waals surface area contributed by atoms with Gasteiger partial charge in [0.2, 0.25) is 5.91 Å². The first-order valence-electron chi connectivity index (χ1n) is 12.3. The second-order valence-corrected chi connectivity index (χ2v) is 10.1. The SMILES string of the molecule is COc1cc2nn(C3CC[C@@]4(CCC(=O)N4C)C[C@H]3C)cc2cc1C(=O)Nc1cnc2cccnn12. The molecule has 10 heteroatoms. The first-order valence-corrected chi connectivity index (χ1v) is 12.3. The lowest BCUT2D eigenvalue weighted by Crippen LogP contribution is -2.48. The Kier molecular flexibility index (Phi) is 5.20. The number of rotatable bonds is 4. The van der Waals surface area contributed by atoms with Gasteiger partial charge >= 0.3 is 0 Å². The molecule has 3 aromatic heterocycles. The van der Waals surface area contributed by atoms with E-state index in [1.54, 1.807) is 30.1 Å². The second kappa shape index (κ2) is 8.32. The van der Waals surface area contributed by atoms with E-state index >= 15 is 0 Å². The van der Waals surface area contributed by atoms with Gasteiger partial charge < -0.3 is 15.0 Å². The molecule has 1 aliphatic heterocycles. The van der Waals surface area contributed by atoms with Crippen LogP contribution < -0.4 is 10.1 Å². The molecule has 1 aromatic carbocycles. The van der Waals surface area contributed by atoms with Crippen molar-refractivity contribution in [1.29, 1.82) is 0 Å². The molecular weight excluding hydrogens is 458 g/mol. The van der Waals surface area contributed by atoms with E-state index in [2.05, 4.69) is 22.3 Å². The largest absolute Gasteiger partial charge is 0.496 e. The third-order valence-corrected chi connectivity index (χ3v) is 8.10. The van der Waals surface area contributed by atoms with Crippen LogP contribution in [0.4, 0.5) is 5.82 Å². The van der Waals surface area contributed by atoms with Crippen molar-refractivity contribution < 1.29 is 14.3 Å². The van der Waals surface area contributed by atoms with Gasteiger partial charge in [0.25, 0.3) is 5.91 Å². The Labute approximate surface area is 208 Å². The number of anilines is 1. The van der Waals surface area contributed by atoms with E-state index in [-0.39, 0.29) is 23.4 Å². The second-order valence-electron chi connectivity index (χ2n) is 10.1. The number of aromatic nitrogens is 5. The Hall–Kier alpha value is -3.95. The number of amides is 2. The van der Waals surface area contributed by atoms with Gasteiger partial charge in [0.05, 0.1) is 30.4 Å². The van der Waals surface area contributed by atoms with Crippen LogP contribution in [0, 0.1) is 5.92 Å². The molecule has 36 heavy (non-hydrogen) atoms. The smallest absolute Gasteiger partial charge is 0.260 e. The minimum Gasteiger partial charge on any atom is -0.496 e. The molecule has 1 aliphatic carbocycles. The van der Waals surface area contributed by atoms with E-state index in [0.717, 1.165) is 36.6 Å². The van der Waals surface area contributed by atoms with Gasteiger partial charge in [-0.15, -0.1) is 0 Å². The molecule has 0 bridgehead atoms. The number of benzene rings is 1. The van der Waals surface area contributed by atoms with Gasteiger partial charge in [-0.3, -0.25) is 14.3 Å². The molecule has 1 saturated heterocycles. The first-order chi connectivity index (χ1) is 17.4. The molecule has 4 heterocycles. The number of imidazole rings is 1. The third-order valence-electron chi connectivity index (χ3n) is 8.10. The highest BCUT2D eigenvalue weighted by Gasteiger charge is 2.47. The zero-order chi connectivity index (χ0) is 25.0. The van der Waals surface area contributed by atoms with E-state index in [1.807, 2.05) is 41.0 Å². The monoisotopic (exact) mass is 487 g/mol. The summed E-state index contributed by atoms with van der Waals surface area (Å²) in [5.74, 6) is 1.25. The Balaban J connectivity index is 1.27. The number of hydrogen-bond donors (Lipinski definition) is 1. The van der Waals surface area contributed by atoms with Gasteiger partial charge in [-0.2, -0.15) is 14.7 Å². The summed E-state index contributed by atoms with van der Waals surface area (Å²) in [6.45, 7) is 2.25.